The van der Waals surface area contributed by atoms with Crippen LogP contribution in [0.3, 0.4) is 0 Å². The molecular weight excluding hydrogens is 258 g/mol. The van der Waals surface area contributed by atoms with E-state index in [1.54, 1.807) is 6.20 Å². The second kappa shape index (κ2) is 5.17. The predicted molar refractivity (Wildman–Crippen MR) is 77.8 cm³/mol. The summed E-state index contributed by atoms with van der Waals surface area (Å²) in [6.07, 6.45) is 2.95. The van der Waals surface area contributed by atoms with E-state index in [2.05, 4.69) is 45.2 Å². The topological polar surface area (TPSA) is 29.0 Å². The van der Waals surface area contributed by atoms with Gasteiger partial charge in [0.05, 0.1) is 0 Å². The summed E-state index contributed by atoms with van der Waals surface area (Å²) in [7, 11) is 0. The van der Waals surface area contributed by atoms with Gasteiger partial charge in [0, 0.05) is 30.8 Å². The number of hydrogen-bond acceptors (Lipinski definition) is 3. The molecule has 2 aromatic rings. The van der Waals surface area contributed by atoms with Crippen LogP contribution >= 0.6 is 11.6 Å². The number of aromatic nitrogens is 2. The Labute approximate surface area is 118 Å². The highest BCUT2D eigenvalue weighted by Gasteiger charge is 2.25. The summed E-state index contributed by atoms with van der Waals surface area (Å²) >= 11 is 5.90. The van der Waals surface area contributed by atoms with Crippen molar-refractivity contribution in [3.8, 4) is 0 Å². The van der Waals surface area contributed by atoms with Crippen molar-refractivity contribution in [1.29, 1.82) is 0 Å². The van der Waals surface area contributed by atoms with Crippen LogP contribution in [-0.2, 0) is 0 Å². The van der Waals surface area contributed by atoms with Crippen molar-refractivity contribution in [2.45, 2.75) is 19.3 Å². The highest BCUT2D eigenvalue weighted by Crippen LogP contribution is 2.31. The normalized spacial score (nSPS) is 18.8. The zero-order valence-electron chi connectivity index (χ0n) is 10.9. The van der Waals surface area contributed by atoms with Gasteiger partial charge in [-0.15, -0.1) is 0 Å². The third-order valence-corrected chi connectivity index (χ3v) is 3.86. The monoisotopic (exact) mass is 273 g/mol. The zero-order chi connectivity index (χ0) is 13.2. The first-order valence-electron chi connectivity index (χ1n) is 6.53. The first-order chi connectivity index (χ1) is 9.24. The van der Waals surface area contributed by atoms with Crippen LogP contribution in [0, 0.1) is 6.92 Å². The van der Waals surface area contributed by atoms with Crippen molar-refractivity contribution in [3.05, 3.63) is 52.9 Å². The van der Waals surface area contributed by atoms with Gasteiger partial charge in [0.15, 0.2) is 0 Å². The average Bonchev–Trinajstić information content (AvgIpc) is 2.92. The summed E-state index contributed by atoms with van der Waals surface area (Å²) in [4.78, 5) is 10.7. The Hall–Kier alpha value is -1.61. The molecule has 3 rings (SSSR count). The Bertz CT molecular complexity index is 571. The van der Waals surface area contributed by atoms with E-state index in [9.17, 15) is 0 Å². The van der Waals surface area contributed by atoms with Gasteiger partial charge in [0.25, 0.3) is 0 Å². The van der Waals surface area contributed by atoms with E-state index >= 15 is 0 Å². The molecule has 2 heterocycles. The van der Waals surface area contributed by atoms with Crippen LogP contribution in [0.15, 0.2) is 36.5 Å². The Morgan fingerprint density at radius 2 is 2.05 bits per heavy atom. The Morgan fingerprint density at radius 1 is 1.26 bits per heavy atom. The van der Waals surface area contributed by atoms with Gasteiger partial charge in [-0.2, -0.15) is 0 Å². The summed E-state index contributed by atoms with van der Waals surface area (Å²) in [5, 5.41) is 0.323. The second-order valence-corrected chi connectivity index (χ2v) is 5.33. The number of nitrogens with zero attached hydrogens (tertiary/aromatic N) is 3. The van der Waals surface area contributed by atoms with Crippen molar-refractivity contribution >= 4 is 17.4 Å². The van der Waals surface area contributed by atoms with E-state index < -0.39 is 0 Å². The molecule has 1 aliphatic heterocycles. The Kier molecular flexibility index (Phi) is 3.38. The molecule has 1 fully saturated rings. The van der Waals surface area contributed by atoms with E-state index in [-0.39, 0.29) is 0 Å². The minimum Gasteiger partial charge on any atom is -0.356 e. The van der Waals surface area contributed by atoms with Gasteiger partial charge in [-0.25, -0.2) is 9.97 Å². The van der Waals surface area contributed by atoms with Crippen LogP contribution in [0.25, 0.3) is 0 Å². The van der Waals surface area contributed by atoms with Gasteiger partial charge >= 0.3 is 0 Å². The molecule has 0 aliphatic carbocycles. The molecule has 1 aromatic carbocycles. The molecule has 0 saturated carbocycles. The van der Waals surface area contributed by atoms with E-state index in [0.717, 1.165) is 30.9 Å². The maximum absolute atomic E-state index is 5.90. The van der Waals surface area contributed by atoms with E-state index in [1.165, 1.54) is 5.56 Å². The molecule has 0 spiro atoms. The summed E-state index contributed by atoms with van der Waals surface area (Å²) in [5.74, 6) is 1.55. The molecule has 0 radical (unpaired) electrons. The third kappa shape index (κ3) is 2.56. The lowest BCUT2D eigenvalue weighted by Crippen LogP contribution is -2.21. The first kappa shape index (κ1) is 12.4. The van der Waals surface area contributed by atoms with Crippen molar-refractivity contribution < 1.29 is 0 Å². The van der Waals surface area contributed by atoms with Gasteiger partial charge in [-0.05, 0) is 30.5 Å². The lowest BCUT2D eigenvalue weighted by atomic mass is 9.99. The van der Waals surface area contributed by atoms with Crippen molar-refractivity contribution in [3.63, 3.8) is 0 Å². The first-order valence-corrected chi connectivity index (χ1v) is 6.91. The van der Waals surface area contributed by atoms with Gasteiger partial charge in [-0.3, -0.25) is 0 Å². The predicted octanol–water partition coefficient (Wildman–Crippen LogP) is 3.43. The zero-order valence-corrected chi connectivity index (χ0v) is 11.6. The fraction of sp³-hybridized carbons (Fsp3) is 0.333. The number of rotatable bonds is 2. The molecule has 1 saturated heterocycles. The van der Waals surface area contributed by atoms with Crippen LogP contribution in [0.1, 0.15) is 23.5 Å². The lowest BCUT2D eigenvalue weighted by Gasteiger charge is -2.19. The molecule has 1 aliphatic rings. The Morgan fingerprint density at radius 3 is 2.84 bits per heavy atom. The van der Waals surface area contributed by atoms with Gasteiger partial charge in [0.1, 0.15) is 5.82 Å². The molecule has 0 bridgehead atoms. The number of hydrogen-bond donors (Lipinski definition) is 0. The summed E-state index contributed by atoms with van der Waals surface area (Å²) in [6.45, 7) is 4.05. The number of aryl methyl sites for hydroxylation is 1. The quantitative estimate of drug-likeness (QED) is 0.785. The minimum atomic E-state index is 0.323. The molecule has 1 unspecified atom stereocenters. The molecule has 4 heteroatoms. The Balaban J connectivity index is 1.81. The molecule has 98 valence electrons. The van der Waals surface area contributed by atoms with Crippen molar-refractivity contribution in [2.24, 2.45) is 0 Å². The SMILES string of the molecule is Cc1cnc(Cl)nc1N1CCC(c2ccccc2)C1. The summed E-state index contributed by atoms with van der Waals surface area (Å²) < 4.78 is 0. The molecule has 0 amide bonds. The fourth-order valence-corrected chi connectivity index (χ4v) is 2.81. The lowest BCUT2D eigenvalue weighted by molar-refractivity contribution is 0.774. The van der Waals surface area contributed by atoms with Crippen LogP contribution in [0.4, 0.5) is 5.82 Å². The van der Waals surface area contributed by atoms with Crippen LogP contribution in [0.2, 0.25) is 5.28 Å². The van der Waals surface area contributed by atoms with E-state index in [4.69, 9.17) is 11.6 Å². The second-order valence-electron chi connectivity index (χ2n) is 4.99. The van der Waals surface area contributed by atoms with Crippen LogP contribution in [-0.4, -0.2) is 23.1 Å². The largest absolute Gasteiger partial charge is 0.356 e. The van der Waals surface area contributed by atoms with Crippen molar-refractivity contribution in [1.82, 2.24) is 9.97 Å². The number of halogens is 1. The number of anilines is 1. The van der Waals surface area contributed by atoms with E-state index in [0.29, 0.717) is 11.2 Å². The molecule has 0 N–H and O–H groups in total. The minimum absolute atomic E-state index is 0.323. The van der Waals surface area contributed by atoms with E-state index in [1.807, 2.05) is 6.92 Å². The third-order valence-electron chi connectivity index (χ3n) is 3.67. The smallest absolute Gasteiger partial charge is 0.224 e. The van der Waals surface area contributed by atoms with Crippen LogP contribution < -0.4 is 4.90 Å². The fourth-order valence-electron chi connectivity index (χ4n) is 2.68. The van der Waals surface area contributed by atoms with Gasteiger partial charge < -0.3 is 4.90 Å². The standard InChI is InChI=1S/C15H16ClN3/c1-11-9-17-15(16)18-14(11)19-8-7-13(10-19)12-5-3-2-4-6-12/h2-6,9,13H,7-8,10H2,1H3. The highest BCUT2D eigenvalue weighted by atomic mass is 35.5. The van der Waals surface area contributed by atoms with Gasteiger partial charge in [0.2, 0.25) is 5.28 Å². The summed E-state index contributed by atoms with van der Waals surface area (Å²) in [6, 6.07) is 10.7. The number of benzene rings is 1. The van der Waals surface area contributed by atoms with Gasteiger partial charge in [-0.1, -0.05) is 30.3 Å². The maximum Gasteiger partial charge on any atom is 0.224 e. The maximum atomic E-state index is 5.90. The highest BCUT2D eigenvalue weighted by molar-refractivity contribution is 6.28. The molecule has 1 atom stereocenters. The van der Waals surface area contributed by atoms with Crippen LogP contribution in [0.5, 0.6) is 0 Å². The molecular formula is C15H16ClN3. The summed E-state index contributed by atoms with van der Waals surface area (Å²) in [5.41, 5.74) is 2.49. The molecule has 1 aromatic heterocycles. The molecule has 3 nitrogen and oxygen atoms in total. The van der Waals surface area contributed by atoms with Crippen molar-refractivity contribution in [2.75, 3.05) is 18.0 Å². The average molecular weight is 274 g/mol. The molecule has 19 heavy (non-hydrogen) atoms.